The summed E-state index contributed by atoms with van der Waals surface area (Å²) in [6.07, 6.45) is -0.383. The summed E-state index contributed by atoms with van der Waals surface area (Å²) in [5, 5.41) is 26.7. The second-order valence-corrected chi connectivity index (χ2v) is 18.9. The number of alkyl carbamates (subject to hydrolysis) is 1. The number of fused-ring (bicyclic) bond motifs is 1. The largest absolute Gasteiger partial charge is 0.458 e. The number of amides is 2. The number of ether oxygens (including phenoxy) is 6. The van der Waals surface area contributed by atoms with Crippen molar-refractivity contribution in [1.29, 1.82) is 0 Å². The highest BCUT2D eigenvalue weighted by Gasteiger charge is 2.59. The van der Waals surface area contributed by atoms with E-state index >= 15 is 0 Å². The molecule has 0 radical (unpaired) electrons. The molecule has 3 saturated heterocycles. The number of methoxy groups -OCH3 is 1. The summed E-state index contributed by atoms with van der Waals surface area (Å²) in [6.45, 7) is 17.8. The standard InChI is InChI=1S/C47H74N8O11/c1-12-21-62-44(59)50-26-34-23-36(53(9)10)39(57)43(63-34)65-41-29(4)38(56)30(5)42(58)64-37(13-2)47(8)40(31(6)49-25-28(3)24-46(41,7)61-11)55(45(60)66-47)20-15-14-19-54-27-35(51-52-54)32-17-16-18-33(48)22-32/h12,16-18,22,27-31,34,36-37,39-41,43,49,57H,1,13-15,19-21,23-26,48H2,2-11H3,(H,50,59)/t28-,29+,30-,31-,34?,36?,37-,39?,40-,41-,43+,46-,47-/m1/s1. The van der Waals surface area contributed by atoms with Gasteiger partial charge in [0, 0.05) is 56.0 Å². The predicted octanol–water partition coefficient (Wildman–Crippen LogP) is 4.18. The van der Waals surface area contributed by atoms with Crippen LogP contribution < -0.4 is 16.4 Å². The lowest BCUT2D eigenvalue weighted by Crippen LogP contribution is -2.61. The molecule has 19 nitrogen and oxygen atoms in total. The van der Waals surface area contributed by atoms with Gasteiger partial charge in [-0.05, 0) is 98.5 Å². The number of nitrogens with two attached hydrogens (primary N) is 1. The summed E-state index contributed by atoms with van der Waals surface area (Å²) in [7, 11) is 5.20. The first kappa shape index (κ1) is 52.3. The Morgan fingerprint density at radius 1 is 1.15 bits per heavy atom. The Morgan fingerprint density at radius 3 is 2.55 bits per heavy atom. The van der Waals surface area contributed by atoms with Crippen molar-refractivity contribution in [2.24, 2.45) is 17.8 Å². The van der Waals surface area contributed by atoms with Crippen LogP contribution in [0.4, 0.5) is 15.3 Å². The molecule has 5 rings (SSSR count). The lowest BCUT2D eigenvalue weighted by Gasteiger charge is -2.47. The van der Waals surface area contributed by atoms with Crippen molar-refractivity contribution in [3.63, 3.8) is 0 Å². The number of unbranched alkanes of at least 4 members (excludes halogenated alkanes) is 1. The number of carbonyl (C=O) groups is 4. The lowest BCUT2D eigenvalue weighted by molar-refractivity contribution is -0.296. The van der Waals surface area contributed by atoms with E-state index in [1.54, 1.807) is 30.5 Å². The third-order valence-corrected chi connectivity index (χ3v) is 13.5. The highest BCUT2D eigenvalue weighted by Crippen LogP contribution is 2.40. The van der Waals surface area contributed by atoms with Gasteiger partial charge in [-0.2, -0.15) is 0 Å². The van der Waals surface area contributed by atoms with Crippen LogP contribution >= 0.6 is 0 Å². The molecule has 0 spiro atoms. The van der Waals surface area contributed by atoms with Gasteiger partial charge in [0.15, 0.2) is 17.7 Å². The maximum atomic E-state index is 14.6. The smallest absolute Gasteiger partial charge is 0.410 e. The number of hydrogen-bond acceptors (Lipinski definition) is 16. The van der Waals surface area contributed by atoms with E-state index in [1.807, 2.05) is 70.2 Å². The summed E-state index contributed by atoms with van der Waals surface area (Å²) in [5.41, 5.74) is 5.76. The fourth-order valence-electron chi connectivity index (χ4n) is 9.86. The third kappa shape index (κ3) is 12.3. The van der Waals surface area contributed by atoms with E-state index in [1.165, 1.54) is 13.0 Å². The Labute approximate surface area is 389 Å². The molecule has 0 bridgehead atoms. The number of aliphatic hydroxyl groups excluding tert-OH is 1. The summed E-state index contributed by atoms with van der Waals surface area (Å²) in [6, 6.07) is 6.12. The van der Waals surface area contributed by atoms with Gasteiger partial charge in [0.2, 0.25) is 0 Å². The van der Waals surface area contributed by atoms with E-state index in [4.69, 9.17) is 34.2 Å². The molecule has 66 heavy (non-hydrogen) atoms. The number of Topliss-reactive ketones (excluding diaryl/α,β-unsaturated/α-hetero) is 1. The van der Waals surface area contributed by atoms with Crippen LogP contribution in [0.3, 0.4) is 0 Å². The number of aliphatic hydroxyl groups is 1. The first-order chi connectivity index (χ1) is 31.3. The van der Waals surface area contributed by atoms with Crippen molar-refractivity contribution in [3.8, 4) is 11.3 Å². The van der Waals surface area contributed by atoms with Crippen LogP contribution in [0.15, 0.2) is 43.1 Å². The van der Waals surface area contributed by atoms with E-state index in [0.717, 1.165) is 5.56 Å². The number of ketones is 1. The number of likely N-dealkylation sites (N-methyl/N-ethyl adjacent to an activating group) is 1. The van der Waals surface area contributed by atoms with Crippen LogP contribution in [0.5, 0.6) is 0 Å². The van der Waals surface area contributed by atoms with Crippen molar-refractivity contribution in [3.05, 3.63) is 43.1 Å². The Morgan fingerprint density at radius 2 is 1.88 bits per heavy atom. The fourth-order valence-corrected chi connectivity index (χ4v) is 9.86. The quantitative estimate of drug-likeness (QED) is 0.0490. The number of cyclic esters (lactones) is 1. The van der Waals surface area contributed by atoms with Gasteiger partial charge in [-0.25, -0.2) is 9.59 Å². The normalized spacial score (nSPS) is 33.6. The van der Waals surface area contributed by atoms with Gasteiger partial charge in [0.05, 0.1) is 30.0 Å². The second kappa shape index (κ2) is 22.9. The minimum absolute atomic E-state index is 0.0375. The van der Waals surface area contributed by atoms with Crippen molar-refractivity contribution in [1.82, 2.24) is 35.4 Å². The summed E-state index contributed by atoms with van der Waals surface area (Å²) < 4.78 is 38.7. The van der Waals surface area contributed by atoms with Gasteiger partial charge in [-0.1, -0.05) is 50.8 Å². The number of nitrogens with one attached hydrogen (secondary N) is 2. The second-order valence-electron chi connectivity index (χ2n) is 18.9. The van der Waals surface area contributed by atoms with Crippen LogP contribution in [0.2, 0.25) is 0 Å². The molecule has 368 valence electrons. The van der Waals surface area contributed by atoms with Gasteiger partial charge in [-0.15, -0.1) is 5.10 Å². The molecule has 3 fully saturated rings. The first-order valence-corrected chi connectivity index (χ1v) is 23.2. The van der Waals surface area contributed by atoms with Gasteiger partial charge in [-0.3, -0.25) is 19.2 Å². The van der Waals surface area contributed by atoms with Crippen molar-refractivity contribution < 1.29 is 52.7 Å². The van der Waals surface area contributed by atoms with Gasteiger partial charge in [0.1, 0.15) is 30.4 Å². The maximum absolute atomic E-state index is 14.6. The molecule has 3 unspecified atom stereocenters. The molecule has 2 amide bonds. The Kier molecular flexibility index (Phi) is 18.1. The van der Waals surface area contributed by atoms with Crippen LogP contribution in [-0.2, 0) is 44.6 Å². The molecule has 5 N–H and O–H groups in total. The topological polar surface area (TPSA) is 231 Å². The van der Waals surface area contributed by atoms with Gasteiger partial charge < -0.3 is 54.8 Å². The molecule has 0 aliphatic carbocycles. The van der Waals surface area contributed by atoms with Gasteiger partial charge >= 0.3 is 18.2 Å². The highest BCUT2D eigenvalue weighted by molar-refractivity contribution is 6.00. The number of anilines is 1. The number of nitrogen functional groups attached to an aromatic ring is 1. The van der Waals surface area contributed by atoms with Crippen LogP contribution in [0, 0.1) is 17.8 Å². The zero-order valence-corrected chi connectivity index (χ0v) is 40.4. The number of benzene rings is 1. The number of carbonyl (C=O) groups excluding carboxylic acids is 4. The summed E-state index contributed by atoms with van der Waals surface area (Å²) in [5.74, 6) is -3.54. The Balaban J connectivity index is 1.37. The van der Waals surface area contributed by atoms with E-state index in [9.17, 15) is 24.3 Å². The van der Waals surface area contributed by atoms with Crippen molar-refractivity contribution >= 4 is 29.6 Å². The molecule has 4 heterocycles. The molecule has 3 aliphatic rings. The first-order valence-electron chi connectivity index (χ1n) is 23.2. The molecule has 1 aromatic heterocycles. The predicted molar refractivity (Wildman–Crippen MR) is 246 cm³/mol. The summed E-state index contributed by atoms with van der Waals surface area (Å²) in [4.78, 5) is 58.5. The number of hydrogen-bond donors (Lipinski definition) is 4. The molecular formula is C47H74N8O11. The molecule has 0 saturated carbocycles. The van der Waals surface area contributed by atoms with Gasteiger partial charge in [0.25, 0.3) is 0 Å². The molecule has 2 aromatic rings. The Bertz CT molecular complexity index is 1970. The fraction of sp³-hybridized carbons (Fsp3) is 0.702. The maximum Gasteiger partial charge on any atom is 0.410 e. The minimum Gasteiger partial charge on any atom is -0.458 e. The van der Waals surface area contributed by atoms with E-state index in [-0.39, 0.29) is 25.1 Å². The Hall–Kier alpha value is -4.66. The zero-order chi connectivity index (χ0) is 48.5. The monoisotopic (exact) mass is 927 g/mol. The van der Waals surface area contributed by atoms with Crippen LogP contribution in [0.1, 0.15) is 80.6 Å². The van der Waals surface area contributed by atoms with Crippen molar-refractivity contribution in [2.45, 2.75) is 147 Å². The molecule has 13 atom stereocenters. The minimum atomic E-state index is -1.28. The average Bonchev–Trinajstić information content (AvgIpc) is 3.87. The van der Waals surface area contributed by atoms with E-state index in [0.29, 0.717) is 63.1 Å². The number of rotatable bonds is 15. The number of nitrogens with zero attached hydrogens (tertiary/aromatic N) is 5. The lowest BCUT2D eigenvalue weighted by atomic mass is 9.78. The SMILES string of the molecule is C=CCOC(=O)NCC1CC(N(C)C)C(O)[C@H](O[C@@H]2[C@@H](C)C(=O)[C@@H](C)C(=O)O[C@H](CC)[C@@]3(C)OC(=O)N(CCCCn4cc(-c5cccc(N)c5)nn4)[C@@H]3[C@@H](C)NC[C@H](C)C[C@@]2(C)OC)O1. The summed E-state index contributed by atoms with van der Waals surface area (Å²) >= 11 is 0. The molecular weight excluding hydrogens is 853 g/mol. The van der Waals surface area contributed by atoms with Crippen LogP contribution in [0.25, 0.3) is 11.3 Å². The third-order valence-electron chi connectivity index (χ3n) is 13.5. The zero-order valence-electron chi connectivity index (χ0n) is 40.4. The molecule has 1 aromatic carbocycles. The average molecular weight is 927 g/mol. The van der Waals surface area contributed by atoms with E-state index in [2.05, 4.69) is 34.4 Å². The number of esters is 1. The molecule has 19 heteroatoms. The number of aryl methyl sites for hydroxylation is 1. The van der Waals surface area contributed by atoms with Crippen molar-refractivity contribution in [2.75, 3.05) is 53.2 Å². The van der Waals surface area contributed by atoms with Crippen LogP contribution in [-0.4, -0.2) is 161 Å². The van der Waals surface area contributed by atoms with E-state index < -0.39 is 89.8 Å². The number of aromatic nitrogens is 3. The molecule has 3 aliphatic heterocycles. The highest BCUT2D eigenvalue weighted by atomic mass is 16.7.